The van der Waals surface area contributed by atoms with Gasteiger partial charge in [-0.1, -0.05) is 31.4 Å². The minimum Gasteiger partial charge on any atom is -0.460 e. The van der Waals surface area contributed by atoms with Crippen LogP contribution in [0.1, 0.15) is 37.9 Å². The summed E-state index contributed by atoms with van der Waals surface area (Å²) in [4.78, 5) is 6.65. The Hall–Kier alpha value is -2.07. The van der Waals surface area contributed by atoms with Crippen molar-refractivity contribution in [3.8, 4) is 11.3 Å². The quantitative estimate of drug-likeness (QED) is 0.624. The highest BCUT2D eigenvalue weighted by molar-refractivity contribution is 5.67. The van der Waals surface area contributed by atoms with E-state index in [1.807, 2.05) is 44.7 Å². The van der Waals surface area contributed by atoms with E-state index in [1.165, 1.54) is 32.1 Å². The smallest absolute Gasteiger partial charge is 0.134 e. The number of furan rings is 1. The van der Waals surface area contributed by atoms with Gasteiger partial charge < -0.3 is 14.6 Å². The zero-order valence-electron chi connectivity index (χ0n) is 14.7. The number of benzene rings is 1. The van der Waals surface area contributed by atoms with E-state index in [1.54, 1.807) is 0 Å². The molecule has 1 saturated carbocycles. The number of nitrogens with one attached hydrogen (secondary N) is 1. The van der Waals surface area contributed by atoms with Crippen LogP contribution in [0.5, 0.6) is 0 Å². The summed E-state index contributed by atoms with van der Waals surface area (Å²) < 4.78 is 5.93. The van der Waals surface area contributed by atoms with Crippen LogP contribution in [0.2, 0.25) is 0 Å². The average molecular weight is 325 g/mol. The second-order valence-electron chi connectivity index (χ2n) is 6.81. The van der Waals surface area contributed by atoms with Gasteiger partial charge >= 0.3 is 0 Å². The summed E-state index contributed by atoms with van der Waals surface area (Å²) in [5.74, 6) is 1.87. The minimum absolute atomic E-state index is 0.587. The molecule has 0 radical (unpaired) electrons. The van der Waals surface area contributed by atoms with Gasteiger partial charge in [-0.25, -0.2) is 4.99 Å². The largest absolute Gasteiger partial charge is 0.460 e. The maximum absolute atomic E-state index is 5.93. The van der Waals surface area contributed by atoms with E-state index in [0.29, 0.717) is 6.04 Å². The Kier molecular flexibility index (Phi) is 5.70. The number of rotatable bonds is 6. The molecule has 0 aliphatic heterocycles. The van der Waals surface area contributed by atoms with E-state index in [4.69, 9.17) is 4.42 Å². The van der Waals surface area contributed by atoms with Gasteiger partial charge in [0.25, 0.3) is 0 Å². The van der Waals surface area contributed by atoms with Gasteiger partial charge in [0.1, 0.15) is 11.5 Å². The third-order valence-electron chi connectivity index (χ3n) is 4.39. The van der Waals surface area contributed by atoms with Crippen LogP contribution in [0, 0.1) is 0 Å². The van der Waals surface area contributed by atoms with E-state index in [-0.39, 0.29) is 0 Å². The van der Waals surface area contributed by atoms with Gasteiger partial charge in [0, 0.05) is 11.6 Å². The molecule has 0 atom stereocenters. The molecule has 0 amide bonds. The Morgan fingerprint density at radius 2 is 2.00 bits per heavy atom. The average Bonchev–Trinajstić information content (AvgIpc) is 3.04. The molecule has 0 unspecified atom stereocenters. The Labute approximate surface area is 144 Å². The maximum atomic E-state index is 5.93. The van der Waals surface area contributed by atoms with Crippen molar-refractivity contribution in [2.45, 2.75) is 44.7 Å². The Bertz CT molecular complexity index is 669. The monoisotopic (exact) mass is 325 g/mol. The third kappa shape index (κ3) is 4.71. The van der Waals surface area contributed by atoms with Crippen molar-refractivity contribution in [3.63, 3.8) is 0 Å². The molecule has 1 fully saturated rings. The lowest BCUT2D eigenvalue weighted by Crippen LogP contribution is -2.29. The molecular weight excluding hydrogens is 298 g/mol. The summed E-state index contributed by atoms with van der Waals surface area (Å²) in [6, 6.07) is 12.8. The summed E-state index contributed by atoms with van der Waals surface area (Å²) in [7, 11) is 4.08. The second kappa shape index (κ2) is 8.15. The van der Waals surface area contributed by atoms with E-state index < -0.39 is 0 Å². The molecule has 1 heterocycles. The molecule has 2 aromatic rings. The summed E-state index contributed by atoms with van der Waals surface area (Å²) in [5, 5.41) is 3.43. The number of hydrogen-bond donors (Lipinski definition) is 1. The first kappa shape index (κ1) is 16.8. The standard InChI is InChI=1S/C20H27N3O/c1-23(2)14-19-11-12-20(24-19)16-7-6-10-18(13-16)22-15-21-17-8-4-3-5-9-17/h6-7,10-13,15,17H,3-5,8-9,14H2,1-2H3,(H,21,22). The van der Waals surface area contributed by atoms with E-state index >= 15 is 0 Å². The molecule has 128 valence electrons. The Morgan fingerprint density at radius 3 is 2.79 bits per heavy atom. The molecule has 4 heteroatoms. The van der Waals surface area contributed by atoms with Crippen LogP contribution in [0.25, 0.3) is 11.3 Å². The topological polar surface area (TPSA) is 40.8 Å². The van der Waals surface area contributed by atoms with Crippen molar-refractivity contribution in [2.75, 3.05) is 14.1 Å². The highest BCUT2D eigenvalue weighted by Gasteiger charge is 2.11. The van der Waals surface area contributed by atoms with E-state index in [2.05, 4.69) is 27.3 Å². The highest BCUT2D eigenvalue weighted by atomic mass is 16.3. The zero-order chi connectivity index (χ0) is 16.8. The third-order valence-corrected chi connectivity index (χ3v) is 4.39. The molecule has 1 N–H and O–H groups in total. The molecule has 3 rings (SSSR count). The molecule has 1 aliphatic carbocycles. The maximum Gasteiger partial charge on any atom is 0.134 e. The van der Waals surface area contributed by atoms with Crippen LogP contribution in [0.3, 0.4) is 0 Å². The van der Waals surface area contributed by atoms with Gasteiger partial charge in [-0.2, -0.15) is 0 Å². The summed E-state index contributed by atoms with van der Waals surface area (Å²) in [6.45, 7) is 0.809. The molecular formula is C20H27N3O. The summed E-state index contributed by atoms with van der Waals surface area (Å²) in [5.41, 5.74) is 2.01. The Balaban J connectivity index is 1.64. The first-order chi connectivity index (χ1) is 11.7. The van der Waals surface area contributed by atoms with Crippen molar-refractivity contribution in [3.05, 3.63) is 42.2 Å². The van der Waals surface area contributed by atoms with Gasteiger partial charge in [-0.05, 0) is 51.2 Å². The van der Waals surface area contributed by atoms with Crippen LogP contribution < -0.4 is 5.32 Å². The predicted molar refractivity (Wildman–Crippen MR) is 99.7 cm³/mol. The zero-order valence-corrected chi connectivity index (χ0v) is 14.7. The molecule has 0 saturated heterocycles. The molecule has 4 nitrogen and oxygen atoms in total. The molecule has 1 aromatic carbocycles. The van der Waals surface area contributed by atoms with Crippen LogP contribution in [0.4, 0.5) is 5.69 Å². The van der Waals surface area contributed by atoms with Crippen molar-refractivity contribution in [2.24, 2.45) is 4.99 Å². The highest BCUT2D eigenvalue weighted by Crippen LogP contribution is 2.26. The van der Waals surface area contributed by atoms with Gasteiger partial charge in [0.15, 0.2) is 0 Å². The van der Waals surface area contributed by atoms with Crippen LogP contribution in [0.15, 0.2) is 45.8 Å². The van der Waals surface area contributed by atoms with Crippen molar-refractivity contribution in [1.29, 1.82) is 0 Å². The Morgan fingerprint density at radius 1 is 1.17 bits per heavy atom. The molecule has 1 aromatic heterocycles. The second-order valence-corrected chi connectivity index (χ2v) is 6.81. The fourth-order valence-corrected chi connectivity index (χ4v) is 3.16. The van der Waals surface area contributed by atoms with Crippen molar-refractivity contribution in [1.82, 2.24) is 10.2 Å². The lowest BCUT2D eigenvalue weighted by Gasteiger charge is -2.21. The first-order valence-corrected chi connectivity index (χ1v) is 8.83. The SMILES string of the molecule is CN(C)Cc1ccc(-c2cccc(N=CNC3CCCCC3)c2)o1. The van der Waals surface area contributed by atoms with Gasteiger partial charge in [0.2, 0.25) is 0 Å². The van der Waals surface area contributed by atoms with Crippen LogP contribution in [-0.4, -0.2) is 31.4 Å². The van der Waals surface area contributed by atoms with Gasteiger partial charge in [-0.3, -0.25) is 0 Å². The fraction of sp³-hybridized carbons (Fsp3) is 0.450. The minimum atomic E-state index is 0.587. The molecule has 0 spiro atoms. The lowest BCUT2D eigenvalue weighted by atomic mass is 9.96. The number of hydrogen-bond acceptors (Lipinski definition) is 3. The number of nitrogens with zero attached hydrogens (tertiary/aromatic N) is 2. The first-order valence-electron chi connectivity index (χ1n) is 8.83. The molecule has 24 heavy (non-hydrogen) atoms. The van der Waals surface area contributed by atoms with Crippen molar-refractivity contribution >= 4 is 12.0 Å². The predicted octanol–water partition coefficient (Wildman–Crippen LogP) is 4.59. The summed E-state index contributed by atoms with van der Waals surface area (Å²) in [6.07, 6.45) is 8.40. The van der Waals surface area contributed by atoms with Gasteiger partial charge in [-0.15, -0.1) is 0 Å². The van der Waals surface area contributed by atoms with Crippen LogP contribution >= 0.6 is 0 Å². The van der Waals surface area contributed by atoms with E-state index in [0.717, 1.165) is 29.3 Å². The molecule has 1 aliphatic rings. The molecule has 0 bridgehead atoms. The normalized spacial score (nSPS) is 16.1. The van der Waals surface area contributed by atoms with Crippen molar-refractivity contribution < 1.29 is 4.42 Å². The lowest BCUT2D eigenvalue weighted by molar-refractivity contribution is 0.353. The van der Waals surface area contributed by atoms with E-state index in [9.17, 15) is 0 Å². The number of aliphatic imine (C=N–C) groups is 1. The van der Waals surface area contributed by atoms with Crippen LogP contribution in [-0.2, 0) is 6.54 Å². The van der Waals surface area contributed by atoms with Gasteiger partial charge in [0.05, 0.1) is 18.6 Å². The fourth-order valence-electron chi connectivity index (χ4n) is 3.16. The summed E-state index contributed by atoms with van der Waals surface area (Å²) >= 11 is 0.